The van der Waals surface area contributed by atoms with Crippen LogP contribution in [0.4, 0.5) is 18.0 Å². The number of halogens is 3. The van der Waals surface area contributed by atoms with E-state index in [0.29, 0.717) is 0 Å². The van der Waals surface area contributed by atoms with E-state index in [-0.39, 0.29) is 13.0 Å². The van der Waals surface area contributed by atoms with Gasteiger partial charge in [0.15, 0.2) is 6.10 Å². The molecule has 6 nitrogen and oxygen atoms in total. The number of carbonyl (C=O) groups is 2. The molecule has 4 N–H and O–H groups in total. The van der Waals surface area contributed by atoms with E-state index in [1.807, 2.05) is 5.32 Å². The molecule has 0 unspecified atom stereocenters. The molecule has 9 heteroatoms. The second-order valence-corrected chi connectivity index (χ2v) is 2.87. The highest BCUT2D eigenvalue weighted by molar-refractivity contribution is 5.74. The van der Waals surface area contributed by atoms with Gasteiger partial charge < -0.3 is 20.8 Å². The maximum atomic E-state index is 11.6. The molecule has 1 atom stereocenters. The number of hydrogen-bond donors (Lipinski definition) is 4. The number of aliphatic carboxylic acids is 1. The number of aliphatic hydroxyl groups is 1. The number of amides is 2. The number of alkyl halides is 3. The lowest BCUT2D eigenvalue weighted by molar-refractivity contribution is -0.146. The Kier molecular flexibility index (Phi) is 5.57. The number of urea groups is 1. The molecule has 0 aromatic heterocycles. The van der Waals surface area contributed by atoms with Crippen molar-refractivity contribution < 1.29 is 33.0 Å². The molecule has 0 fully saturated rings. The Morgan fingerprint density at radius 1 is 1.25 bits per heavy atom. The van der Waals surface area contributed by atoms with Crippen molar-refractivity contribution in [3.63, 3.8) is 0 Å². The Morgan fingerprint density at radius 2 is 1.81 bits per heavy atom. The van der Waals surface area contributed by atoms with Gasteiger partial charge in [0.1, 0.15) is 6.54 Å². The standard InChI is InChI=1S/C7H11F3N2O4/c8-7(9,10)3-12-6(16)11-2-1-4(13)5(14)15/h4,13H,1-3H2,(H,14,15)(H2,11,12,16)/t4-/m0/s1. The minimum Gasteiger partial charge on any atom is -0.479 e. The quantitative estimate of drug-likeness (QED) is 0.532. The van der Waals surface area contributed by atoms with Crippen LogP contribution in [0.3, 0.4) is 0 Å². The summed E-state index contributed by atoms with van der Waals surface area (Å²) in [6.07, 6.45) is -6.44. The van der Waals surface area contributed by atoms with Gasteiger partial charge in [-0.1, -0.05) is 0 Å². The van der Waals surface area contributed by atoms with Gasteiger partial charge in [-0.2, -0.15) is 13.2 Å². The fourth-order valence-corrected chi connectivity index (χ4v) is 0.689. The molecule has 0 aliphatic rings. The lowest BCUT2D eigenvalue weighted by Gasteiger charge is -2.10. The highest BCUT2D eigenvalue weighted by Gasteiger charge is 2.27. The van der Waals surface area contributed by atoms with Crippen LogP contribution in [0.2, 0.25) is 0 Å². The van der Waals surface area contributed by atoms with Crippen molar-refractivity contribution in [1.29, 1.82) is 0 Å². The molecular weight excluding hydrogens is 233 g/mol. The van der Waals surface area contributed by atoms with Crippen LogP contribution in [0.25, 0.3) is 0 Å². The Balaban J connectivity index is 3.63. The average Bonchev–Trinajstić information content (AvgIpc) is 2.13. The first-order valence-electron chi connectivity index (χ1n) is 4.21. The van der Waals surface area contributed by atoms with Crippen molar-refractivity contribution in [2.45, 2.75) is 18.7 Å². The Morgan fingerprint density at radius 3 is 2.25 bits per heavy atom. The summed E-state index contributed by atoms with van der Waals surface area (Å²) < 4.78 is 34.8. The lowest BCUT2D eigenvalue weighted by atomic mass is 10.2. The number of carboxylic acids is 1. The smallest absolute Gasteiger partial charge is 0.405 e. The van der Waals surface area contributed by atoms with Gasteiger partial charge >= 0.3 is 18.2 Å². The molecule has 0 aromatic rings. The first-order valence-corrected chi connectivity index (χ1v) is 4.21. The van der Waals surface area contributed by atoms with Gasteiger partial charge in [-0.3, -0.25) is 0 Å². The van der Waals surface area contributed by atoms with Crippen molar-refractivity contribution >= 4 is 12.0 Å². The summed E-state index contributed by atoms with van der Waals surface area (Å²) in [6.45, 7) is -1.71. The molecule has 0 aromatic carbocycles. The van der Waals surface area contributed by atoms with Crippen molar-refractivity contribution in [3.05, 3.63) is 0 Å². The SMILES string of the molecule is O=C(NCC[C@H](O)C(=O)O)NCC(F)(F)F. The summed E-state index contributed by atoms with van der Waals surface area (Å²) in [4.78, 5) is 20.8. The van der Waals surface area contributed by atoms with Crippen LogP contribution in [0.1, 0.15) is 6.42 Å². The summed E-state index contributed by atoms with van der Waals surface area (Å²) in [6, 6.07) is -1.07. The average molecular weight is 244 g/mol. The molecule has 0 spiro atoms. The number of aliphatic hydroxyl groups excluding tert-OH is 1. The molecule has 0 aliphatic carbocycles. The third-order valence-corrected chi connectivity index (χ3v) is 1.44. The molecule has 0 saturated carbocycles. The largest absolute Gasteiger partial charge is 0.479 e. The van der Waals surface area contributed by atoms with Crippen molar-refractivity contribution in [3.8, 4) is 0 Å². The normalized spacial score (nSPS) is 13.0. The molecule has 16 heavy (non-hydrogen) atoms. The predicted octanol–water partition coefficient (Wildman–Crippen LogP) is -0.317. The van der Waals surface area contributed by atoms with Crippen molar-refractivity contribution in [2.75, 3.05) is 13.1 Å². The first kappa shape index (κ1) is 14.5. The predicted molar refractivity (Wildman–Crippen MR) is 45.7 cm³/mol. The lowest BCUT2D eigenvalue weighted by Crippen LogP contribution is -2.42. The second-order valence-electron chi connectivity index (χ2n) is 2.87. The van der Waals surface area contributed by atoms with Crippen LogP contribution in [-0.2, 0) is 4.79 Å². The summed E-state index contributed by atoms with van der Waals surface area (Å²) >= 11 is 0. The van der Waals surface area contributed by atoms with Crippen LogP contribution >= 0.6 is 0 Å². The van der Waals surface area contributed by atoms with Crippen molar-refractivity contribution in [1.82, 2.24) is 10.6 Å². The van der Waals surface area contributed by atoms with E-state index in [1.54, 1.807) is 0 Å². The zero-order valence-corrected chi connectivity index (χ0v) is 8.04. The van der Waals surface area contributed by atoms with Crippen LogP contribution < -0.4 is 10.6 Å². The number of carboxylic acid groups (broad SMARTS) is 1. The van der Waals surface area contributed by atoms with Gasteiger partial charge in [0.05, 0.1) is 0 Å². The van der Waals surface area contributed by atoms with Gasteiger partial charge in [-0.15, -0.1) is 0 Å². The van der Waals surface area contributed by atoms with Gasteiger partial charge in [0.2, 0.25) is 0 Å². The zero-order valence-electron chi connectivity index (χ0n) is 8.04. The van der Waals surface area contributed by atoms with Crippen LogP contribution in [0.15, 0.2) is 0 Å². The third-order valence-electron chi connectivity index (χ3n) is 1.44. The topological polar surface area (TPSA) is 98.7 Å². The molecular formula is C7H11F3N2O4. The summed E-state index contributed by atoms with van der Waals surface area (Å²) in [5.74, 6) is -1.46. The number of carbonyl (C=O) groups excluding carboxylic acids is 1. The summed E-state index contributed by atoms with van der Waals surface area (Å²) in [7, 11) is 0. The van der Waals surface area contributed by atoms with Crippen molar-refractivity contribution in [2.24, 2.45) is 0 Å². The highest BCUT2D eigenvalue weighted by atomic mass is 19.4. The van der Waals surface area contributed by atoms with Gasteiger partial charge in [0.25, 0.3) is 0 Å². The highest BCUT2D eigenvalue weighted by Crippen LogP contribution is 2.11. The number of rotatable bonds is 5. The maximum Gasteiger partial charge on any atom is 0.405 e. The number of nitrogens with one attached hydrogen (secondary N) is 2. The molecule has 2 amide bonds. The minimum atomic E-state index is -4.50. The zero-order chi connectivity index (χ0) is 12.8. The molecule has 94 valence electrons. The van der Waals surface area contributed by atoms with E-state index >= 15 is 0 Å². The van der Waals surface area contributed by atoms with E-state index in [2.05, 4.69) is 0 Å². The Labute approximate surface area is 88.4 Å². The molecule has 0 radical (unpaired) electrons. The first-order chi connectivity index (χ1) is 7.22. The van der Waals surface area contributed by atoms with Crippen LogP contribution in [0, 0.1) is 0 Å². The molecule has 0 bridgehead atoms. The summed E-state index contributed by atoms with van der Waals surface area (Å²) in [5, 5.41) is 20.5. The second kappa shape index (κ2) is 6.16. The molecule has 0 rings (SSSR count). The fourth-order valence-electron chi connectivity index (χ4n) is 0.689. The Hall–Kier alpha value is -1.51. The van der Waals surface area contributed by atoms with Crippen LogP contribution in [-0.4, -0.2) is 47.6 Å². The minimum absolute atomic E-state index is 0.239. The fraction of sp³-hybridized carbons (Fsp3) is 0.714. The summed E-state index contributed by atoms with van der Waals surface area (Å²) in [5.41, 5.74) is 0. The van der Waals surface area contributed by atoms with Gasteiger partial charge in [0, 0.05) is 13.0 Å². The number of hydrogen-bond acceptors (Lipinski definition) is 3. The van der Waals surface area contributed by atoms with Crippen LogP contribution in [0.5, 0.6) is 0 Å². The van der Waals surface area contributed by atoms with Gasteiger partial charge in [-0.05, 0) is 0 Å². The molecule has 0 aliphatic heterocycles. The van der Waals surface area contributed by atoms with E-state index in [9.17, 15) is 22.8 Å². The van der Waals surface area contributed by atoms with E-state index in [0.717, 1.165) is 0 Å². The Bertz CT molecular complexity index is 257. The molecule has 0 saturated heterocycles. The molecule has 0 heterocycles. The monoisotopic (exact) mass is 244 g/mol. The van der Waals surface area contributed by atoms with E-state index in [4.69, 9.17) is 10.2 Å². The maximum absolute atomic E-state index is 11.6. The van der Waals surface area contributed by atoms with Gasteiger partial charge in [-0.25, -0.2) is 9.59 Å². The van der Waals surface area contributed by atoms with E-state index < -0.39 is 30.8 Å². The van der Waals surface area contributed by atoms with E-state index in [1.165, 1.54) is 5.32 Å². The third kappa shape index (κ3) is 7.85.